The Kier molecular flexibility index (Phi) is 4.97. The van der Waals surface area contributed by atoms with E-state index in [4.69, 9.17) is 0 Å². The minimum atomic E-state index is 0.0475. The first kappa shape index (κ1) is 14.1. The molecule has 0 bridgehead atoms. The predicted molar refractivity (Wildman–Crippen MR) is 77.8 cm³/mol. The summed E-state index contributed by atoms with van der Waals surface area (Å²) in [6, 6.07) is 10.8. The van der Waals surface area contributed by atoms with Crippen molar-refractivity contribution < 1.29 is 4.79 Å². The summed E-state index contributed by atoms with van der Waals surface area (Å²) in [5, 5.41) is 2.97. The normalized spacial score (nSPS) is 19.1. The number of likely N-dealkylation sites (tertiary alicyclic amines) is 1. The van der Waals surface area contributed by atoms with E-state index in [1.165, 1.54) is 18.4 Å². The lowest BCUT2D eigenvalue weighted by atomic mass is 9.95. The van der Waals surface area contributed by atoms with Crippen molar-refractivity contribution in [1.29, 1.82) is 0 Å². The van der Waals surface area contributed by atoms with Crippen LogP contribution in [0.15, 0.2) is 30.3 Å². The number of rotatable bonds is 4. The zero-order chi connectivity index (χ0) is 13.7. The molecule has 1 saturated heterocycles. The summed E-state index contributed by atoms with van der Waals surface area (Å²) in [4.78, 5) is 13.7. The number of benzene rings is 1. The van der Waals surface area contributed by atoms with E-state index < -0.39 is 0 Å². The van der Waals surface area contributed by atoms with Crippen LogP contribution < -0.4 is 5.32 Å². The first-order valence-electron chi connectivity index (χ1n) is 7.20. The van der Waals surface area contributed by atoms with E-state index in [1.54, 1.807) is 6.92 Å². The van der Waals surface area contributed by atoms with Gasteiger partial charge >= 0.3 is 0 Å². The SMILES string of the molecule is CC(=O)NCC(c1ccccc1)N1CCC(C)CC1. The molecule has 0 aliphatic carbocycles. The molecule has 0 aromatic heterocycles. The fraction of sp³-hybridized carbons (Fsp3) is 0.562. The third-order valence-electron chi connectivity index (χ3n) is 3.99. The number of hydrogen-bond donors (Lipinski definition) is 1. The maximum Gasteiger partial charge on any atom is 0.216 e. The van der Waals surface area contributed by atoms with Gasteiger partial charge in [-0.15, -0.1) is 0 Å². The van der Waals surface area contributed by atoms with E-state index in [0.29, 0.717) is 12.6 Å². The van der Waals surface area contributed by atoms with Crippen LogP contribution in [0.4, 0.5) is 0 Å². The molecule has 3 nitrogen and oxygen atoms in total. The average Bonchev–Trinajstić information content (AvgIpc) is 2.42. The number of carbonyl (C=O) groups is 1. The minimum absolute atomic E-state index is 0.0475. The number of nitrogens with one attached hydrogen (secondary N) is 1. The molecule has 0 spiro atoms. The zero-order valence-corrected chi connectivity index (χ0v) is 11.9. The predicted octanol–water partition coefficient (Wildman–Crippen LogP) is 2.60. The lowest BCUT2D eigenvalue weighted by molar-refractivity contribution is -0.119. The molecule has 1 heterocycles. The van der Waals surface area contributed by atoms with Crippen molar-refractivity contribution >= 4 is 5.91 Å². The van der Waals surface area contributed by atoms with Gasteiger partial charge in [-0.3, -0.25) is 9.69 Å². The molecule has 1 unspecified atom stereocenters. The number of amides is 1. The second kappa shape index (κ2) is 6.71. The summed E-state index contributed by atoms with van der Waals surface area (Å²) in [5.41, 5.74) is 1.30. The monoisotopic (exact) mass is 260 g/mol. The van der Waals surface area contributed by atoms with Crippen molar-refractivity contribution in [3.63, 3.8) is 0 Å². The Hall–Kier alpha value is -1.35. The largest absolute Gasteiger partial charge is 0.354 e. The Bertz CT molecular complexity index is 396. The summed E-state index contributed by atoms with van der Waals surface area (Å²) < 4.78 is 0. The molecule has 2 rings (SSSR count). The molecule has 1 amide bonds. The van der Waals surface area contributed by atoms with Crippen LogP contribution in [-0.2, 0) is 4.79 Å². The third-order valence-corrected chi connectivity index (χ3v) is 3.99. The van der Waals surface area contributed by atoms with Gasteiger partial charge in [-0.05, 0) is 37.4 Å². The Morgan fingerprint density at radius 3 is 2.53 bits per heavy atom. The van der Waals surface area contributed by atoms with Gasteiger partial charge in [0.25, 0.3) is 0 Å². The Morgan fingerprint density at radius 1 is 1.32 bits per heavy atom. The standard InChI is InChI=1S/C16H24N2O/c1-13-8-10-18(11-9-13)16(12-17-14(2)19)15-6-4-3-5-7-15/h3-7,13,16H,8-12H2,1-2H3,(H,17,19). The Morgan fingerprint density at radius 2 is 1.95 bits per heavy atom. The van der Waals surface area contributed by atoms with Gasteiger partial charge in [0.2, 0.25) is 5.91 Å². The van der Waals surface area contributed by atoms with Crippen molar-refractivity contribution in [3.8, 4) is 0 Å². The summed E-state index contributed by atoms with van der Waals surface area (Å²) in [6.45, 7) is 6.86. The fourth-order valence-corrected chi connectivity index (χ4v) is 2.71. The van der Waals surface area contributed by atoms with Crippen LogP contribution >= 0.6 is 0 Å². The van der Waals surface area contributed by atoms with Gasteiger partial charge in [0.1, 0.15) is 0 Å². The molecule has 104 valence electrons. The van der Waals surface area contributed by atoms with E-state index in [1.807, 2.05) is 6.07 Å². The topological polar surface area (TPSA) is 32.3 Å². The van der Waals surface area contributed by atoms with Crippen molar-refractivity contribution in [2.45, 2.75) is 32.7 Å². The molecule has 1 aromatic rings. The maximum absolute atomic E-state index is 11.2. The molecule has 1 N–H and O–H groups in total. The van der Waals surface area contributed by atoms with Crippen molar-refractivity contribution in [3.05, 3.63) is 35.9 Å². The Balaban J connectivity index is 2.07. The summed E-state index contributed by atoms with van der Waals surface area (Å²) in [5.74, 6) is 0.875. The highest BCUT2D eigenvalue weighted by atomic mass is 16.1. The molecule has 1 atom stereocenters. The van der Waals surface area contributed by atoms with E-state index in [0.717, 1.165) is 19.0 Å². The van der Waals surface area contributed by atoms with Gasteiger partial charge in [-0.1, -0.05) is 37.3 Å². The fourth-order valence-electron chi connectivity index (χ4n) is 2.71. The number of piperidine rings is 1. The van der Waals surface area contributed by atoms with Gasteiger partial charge in [0.15, 0.2) is 0 Å². The molecule has 19 heavy (non-hydrogen) atoms. The summed E-state index contributed by atoms with van der Waals surface area (Å²) >= 11 is 0. The van der Waals surface area contributed by atoms with Crippen molar-refractivity contribution in [1.82, 2.24) is 10.2 Å². The van der Waals surface area contributed by atoms with Crippen LogP contribution in [0.1, 0.15) is 38.3 Å². The minimum Gasteiger partial charge on any atom is -0.354 e. The molecular weight excluding hydrogens is 236 g/mol. The van der Waals surface area contributed by atoms with E-state index >= 15 is 0 Å². The second-order valence-electron chi connectivity index (χ2n) is 5.58. The number of nitrogens with zero attached hydrogens (tertiary/aromatic N) is 1. The van der Waals surface area contributed by atoms with Crippen molar-refractivity contribution in [2.75, 3.05) is 19.6 Å². The molecule has 1 fully saturated rings. The van der Waals surface area contributed by atoms with Crippen LogP contribution in [-0.4, -0.2) is 30.4 Å². The second-order valence-corrected chi connectivity index (χ2v) is 5.58. The van der Waals surface area contributed by atoms with E-state index in [9.17, 15) is 4.79 Å². The Labute approximate surface area is 116 Å². The van der Waals surface area contributed by atoms with E-state index in [-0.39, 0.29) is 5.91 Å². The first-order chi connectivity index (χ1) is 9.16. The van der Waals surface area contributed by atoms with E-state index in [2.05, 4.69) is 41.4 Å². The maximum atomic E-state index is 11.2. The van der Waals surface area contributed by atoms with Crippen LogP contribution in [0.3, 0.4) is 0 Å². The lowest BCUT2D eigenvalue weighted by Gasteiger charge is -2.37. The zero-order valence-electron chi connectivity index (χ0n) is 11.9. The van der Waals surface area contributed by atoms with Crippen LogP contribution in [0.25, 0.3) is 0 Å². The molecule has 1 aromatic carbocycles. The third kappa shape index (κ3) is 4.06. The molecule has 1 aliphatic heterocycles. The van der Waals surface area contributed by atoms with Gasteiger partial charge < -0.3 is 5.32 Å². The first-order valence-corrected chi connectivity index (χ1v) is 7.20. The highest BCUT2D eigenvalue weighted by molar-refractivity contribution is 5.72. The van der Waals surface area contributed by atoms with Crippen LogP contribution in [0, 0.1) is 5.92 Å². The quantitative estimate of drug-likeness (QED) is 0.902. The lowest BCUT2D eigenvalue weighted by Crippen LogP contribution is -2.41. The summed E-state index contributed by atoms with van der Waals surface area (Å²) in [6.07, 6.45) is 2.51. The average molecular weight is 260 g/mol. The summed E-state index contributed by atoms with van der Waals surface area (Å²) in [7, 11) is 0. The molecule has 0 saturated carbocycles. The highest BCUT2D eigenvalue weighted by Crippen LogP contribution is 2.26. The van der Waals surface area contributed by atoms with Crippen LogP contribution in [0.2, 0.25) is 0 Å². The van der Waals surface area contributed by atoms with Gasteiger partial charge in [0, 0.05) is 13.5 Å². The number of carbonyl (C=O) groups excluding carboxylic acids is 1. The van der Waals surface area contributed by atoms with Crippen molar-refractivity contribution in [2.24, 2.45) is 5.92 Å². The van der Waals surface area contributed by atoms with Gasteiger partial charge in [-0.2, -0.15) is 0 Å². The van der Waals surface area contributed by atoms with Crippen LogP contribution in [0.5, 0.6) is 0 Å². The number of hydrogen-bond acceptors (Lipinski definition) is 2. The highest BCUT2D eigenvalue weighted by Gasteiger charge is 2.24. The molecular formula is C16H24N2O. The van der Waals surface area contributed by atoms with Gasteiger partial charge in [-0.25, -0.2) is 0 Å². The smallest absolute Gasteiger partial charge is 0.216 e. The molecule has 1 aliphatic rings. The molecule has 3 heteroatoms. The van der Waals surface area contributed by atoms with Gasteiger partial charge in [0.05, 0.1) is 6.04 Å². The molecule has 0 radical (unpaired) electrons.